The van der Waals surface area contributed by atoms with Gasteiger partial charge >= 0.3 is 5.97 Å². The highest BCUT2D eigenvalue weighted by Crippen LogP contribution is 2.39. The van der Waals surface area contributed by atoms with Gasteiger partial charge in [0, 0.05) is 23.8 Å². The van der Waals surface area contributed by atoms with Gasteiger partial charge < -0.3 is 10.1 Å². The van der Waals surface area contributed by atoms with Crippen molar-refractivity contribution in [3.8, 4) is 0 Å². The first-order valence-corrected chi connectivity index (χ1v) is 12.4. The van der Waals surface area contributed by atoms with Crippen LogP contribution in [0.5, 0.6) is 0 Å². The summed E-state index contributed by atoms with van der Waals surface area (Å²) in [6.45, 7) is 2.53. The second-order valence-electron chi connectivity index (χ2n) is 7.52. The maximum atomic E-state index is 13.0. The second-order valence-corrected chi connectivity index (χ2v) is 10.3. The Kier molecular flexibility index (Phi) is 5.84. The minimum absolute atomic E-state index is 0.00604. The summed E-state index contributed by atoms with van der Waals surface area (Å²) in [7, 11) is -3.86. The summed E-state index contributed by atoms with van der Waals surface area (Å²) < 4.78 is 33.8. The van der Waals surface area contributed by atoms with E-state index in [4.69, 9.17) is 4.74 Å². The number of thiophene rings is 1. The molecule has 1 aliphatic carbocycles. The van der Waals surface area contributed by atoms with Crippen molar-refractivity contribution in [3.63, 3.8) is 0 Å². The third-order valence-electron chi connectivity index (χ3n) is 5.52. The Balaban J connectivity index is 1.61. The monoisotopic (exact) mass is 448 g/mol. The van der Waals surface area contributed by atoms with E-state index < -0.39 is 16.0 Å². The summed E-state index contributed by atoms with van der Waals surface area (Å²) >= 11 is 1.32. The lowest BCUT2D eigenvalue weighted by Crippen LogP contribution is -2.16. The fourth-order valence-corrected chi connectivity index (χ4v) is 6.58. The number of nitrogens with one attached hydrogen (secondary N) is 2. The summed E-state index contributed by atoms with van der Waals surface area (Å²) in [5, 5.41) is 3.11. The van der Waals surface area contributed by atoms with Crippen molar-refractivity contribution in [1.82, 2.24) is 5.32 Å². The lowest BCUT2D eigenvalue weighted by molar-refractivity contribution is -0.119. The van der Waals surface area contributed by atoms with Crippen molar-refractivity contribution < 1.29 is 22.7 Å². The Bertz CT molecular complexity index is 1070. The van der Waals surface area contributed by atoms with E-state index in [0.717, 1.165) is 41.7 Å². The molecule has 1 aromatic heterocycles. The van der Waals surface area contributed by atoms with E-state index in [1.54, 1.807) is 19.1 Å². The van der Waals surface area contributed by atoms with Crippen molar-refractivity contribution in [3.05, 3.63) is 45.8 Å². The summed E-state index contributed by atoms with van der Waals surface area (Å²) in [5.41, 5.74) is 2.19. The third-order valence-corrected chi connectivity index (χ3v) is 8.22. The molecule has 9 heteroatoms. The van der Waals surface area contributed by atoms with Crippen LogP contribution in [0.25, 0.3) is 0 Å². The number of amides is 1. The van der Waals surface area contributed by atoms with Crippen LogP contribution in [0.2, 0.25) is 0 Å². The minimum Gasteiger partial charge on any atom is -0.462 e. The van der Waals surface area contributed by atoms with Crippen molar-refractivity contribution >= 4 is 38.2 Å². The number of sulfonamides is 1. The molecule has 2 N–H and O–H groups in total. The van der Waals surface area contributed by atoms with Crippen LogP contribution in [-0.2, 0) is 32.4 Å². The van der Waals surface area contributed by atoms with Gasteiger partial charge in [0.15, 0.2) is 0 Å². The molecule has 1 aliphatic heterocycles. The lowest BCUT2D eigenvalue weighted by atomic mass is 9.95. The van der Waals surface area contributed by atoms with E-state index in [-0.39, 0.29) is 23.3 Å². The Morgan fingerprint density at radius 2 is 1.97 bits per heavy atom. The maximum Gasteiger partial charge on any atom is 0.341 e. The molecule has 2 heterocycles. The number of carbonyl (C=O) groups is 2. The van der Waals surface area contributed by atoms with Crippen LogP contribution in [0, 0.1) is 0 Å². The van der Waals surface area contributed by atoms with Crippen LogP contribution in [0.3, 0.4) is 0 Å². The molecule has 30 heavy (non-hydrogen) atoms. The molecule has 7 nitrogen and oxygen atoms in total. The summed E-state index contributed by atoms with van der Waals surface area (Å²) in [6, 6.07) is 6.56. The number of fused-ring (bicyclic) bond motifs is 1. The smallest absolute Gasteiger partial charge is 0.341 e. The number of ether oxygens (including phenoxy) is 1. The average Bonchev–Trinajstić information content (AvgIpc) is 3.31. The molecule has 160 valence electrons. The van der Waals surface area contributed by atoms with E-state index >= 15 is 0 Å². The molecule has 2 aliphatic rings. The zero-order valence-corrected chi connectivity index (χ0v) is 18.3. The van der Waals surface area contributed by atoms with Crippen LogP contribution < -0.4 is 10.0 Å². The molecule has 2 aromatic rings. The average molecular weight is 449 g/mol. The topological polar surface area (TPSA) is 102 Å². The van der Waals surface area contributed by atoms with Gasteiger partial charge in [-0.1, -0.05) is 12.1 Å². The second kappa shape index (κ2) is 8.39. The highest BCUT2D eigenvalue weighted by molar-refractivity contribution is 7.93. The van der Waals surface area contributed by atoms with E-state index in [2.05, 4.69) is 10.0 Å². The van der Waals surface area contributed by atoms with Gasteiger partial charge in [0.1, 0.15) is 5.00 Å². The molecule has 1 saturated heterocycles. The first kappa shape index (κ1) is 20.9. The zero-order chi connectivity index (χ0) is 21.3. The lowest BCUT2D eigenvalue weighted by Gasteiger charge is -2.13. The van der Waals surface area contributed by atoms with Gasteiger partial charge in [0.25, 0.3) is 10.0 Å². The SMILES string of the molecule is CCOC(=O)c1c(NS(=O)(=O)c2ccc([C@@H]3CNC(=O)C3)cc2)sc2c1CCCC2. The van der Waals surface area contributed by atoms with E-state index in [0.29, 0.717) is 23.5 Å². The molecule has 0 spiro atoms. The number of hydrogen-bond acceptors (Lipinski definition) is 6. The number of aryl methyl sites for hydroxylation is 1. The predicted octanol–water partition coefficient (Wildman–Crippen LogP) is 3.21. The van der Waals surface area contributed by atoms with Gasteiger partial charge in [-0.05, 0) is 55.9 Å². The first-order chi connectivity index (χ1) is 14.4. The number of carbonyl (C=O) groups excluding carboxylic acids is 2. The molecule has 1 atom stereocenters. The quantitative estimate of drug-likeness (QED) is 0.661. The molecular formula is C21H24N2O5S2. The van der Waals surface area contributed by atoms with E-state index in [9.17, 15) is 18.0 Å². The number of esters is 1. The Morgan fingerprint density at radius 1 is 1.23 bits per heavy atom. The van der Waals surface area contributed by atoms with Crippen LogP contribution >= 0.6 is 11.3 Å². The Morgan fingerprint density at radius 3 is 2.63 bits per heavy atom. The number of rotatable bonds is 6. The summed E-state index contributed by atoms with van der Waals surface area (Å²) in [6.07, 6.45) is 4.01. The molecule has 0 radical (unpaired) electrons. The third kappa shape index (κ3) is 4.09. The molecule has 1 amide bonds. The summed E-state index contributed by atoms with van der Waals surface area (Å²) in [4.78, 5) is 25.1. The number of hydrogen-bond donors (Lipinski definition) is 2. The highest BCUT2D eigenvalue weighted by atomic mass is 32.2. The van der Waals surface area contributed by atoms with Crippen molar-refractivity contribution in [1.29, 1.82) is 0 Å². The molecular weight excluding hydrogens is 424 g/mol. The van der Waals surface area contributed by atoms with E-state index in [1.165, 1.54) is 23.5 Å². The Hall–Kier alpha value is -2.39. The van der Waals surface area contributed by atoms with Crippen LogP contribution in [0.4, 0.5) is 5.00 Å². The van der Waals surface area contributed by atoms with Gasteiger partial charge in [-0.2, -0.15) is 0 Å². The van der Waals surface area contributed by atoms with Gasteiger partial charge in [0.05, 0.1) is 17.1 Å². The van der Waals surface area contributed by atoms with Crippen molar-refractivity contribution in [2.24, 2.45) is 0 Å². The van der Waals surface area contributed by atoms with E-state index in [1.807, 2.05) is 0 Å². The zero-order valence-electron chi connectivity index (χ0n) is 16.7. The largest absolute Gasteiger partial charge is 0.462 e. The first-order valence-electron chi connectivity index (χ1n) is 10.1. The molecule has 4 rings (SSSR count). The van der Waals surface area contributed by atoms with Crippen molar-refractivity contribution in [2.45, 2.75) is 49.8 Å². The standard InChI is InChI=1S/C21H24N2O5S2/c1-2-28-21(25)19-16-5-3-4-6-17(16)29-20(19)23-30(26,27)15-9-7-13(8-10-15)14-11-18(24)22-12-14/h7-10,14,23H,2-6,11-12H2,1H3,(H,22,24)/t14-/m0/s1. The molecule has 0 saturated carbocycles. The Labute approximate surface area is 179 Å². The normalized spacial score (nSPS) is 18.6. The highest BCUT2D eigenvalue weighted by Gasteiger charge is 2.29. The van der Waals surface area contributed by atoms with Crippen LogP contribution in [-0.4, -0.2) is 33.4 Å². The predicted molar refractivity (Wildman–Crippen MR) is 115 cm³/mol. The maximum absolute atomic E-state index is 13.0. The molecule has 0 unspecified atom stereocenters. The van der Waals surface area contributed by atoms with Crippen LogP contribution in [0.15, 0.2) is 29.2 Å². The van der Waals surface area contributed by atoms with Gasteiger partial charge in [-0.25, -0.2) is 13.2 Å². The van der Waals surface area contributed by atoms with Crippen LogP contribution in [0.1, 0.15) is 58.5 Å². The number of benzene rings is 1. The fourth-order valence-electron chi connectivity index (χ4n) is 4.00. The molecule has 1 aromatic carbocycles. The van der Waals surface area contributed by atoms with Crippen molar-refractivity contribution in [2.75, 3.05) is 17.9 Å². The fraction of sp³-hybridized carbons (Fsp3) is 0.429. The minimum atomic E-state index is -3.86. The van der Waals surface area contributed by atoms with Gasteiger partial charge in [-0.15, -0.1) is 11.3 Å². The summed E-state index contributed by atoms with van der Waals surface area (Å²) in [5.74, 6) is -0.420. The van der Waals surface area contributed by atoms with Gasteiger partial charge in [-0.3, -0.25) is 9.52 Å². The molecule has 1 fully saturated rings. The number of anilines is 1. The van der Waals surface area contributed by atoms with Gasteiger partial charge in [0.2, 0.25) is 5.91 Å². The molecule has 0 bridgehead atoms.